The largest absolute Gasteiger partial charge is 0.276 e. The summed E-state index contributed by atoms with van der Waals surface area (Å²) < 4.78 is 13.0. The lowest BCUT2D eigenvalue weighted by Gasteiger charge is -2.28. The molecule has 5 heteroatoms. The van der Waals surface area contributed by atoms with E-state index in [4.69, 9.17) is 11.0 Å². The lowest BCUT2D eigenvalue weighted by molar-refractivity contribution is 0.346. The standard InChI is InChI=1S/C7H20N3OP/c1-4-5-6-10(7(2)3)12(8,9)11/h7H,4-6H2,1-3H3,(H4,8,9,11). The Balaban J connectivity index is 4.15. The predicted octanol–water partition coefficient (Wildman–Crippen LogP) is 1.52. The van der Waals surface area contributed by atoms with Gasteiger partial charge in [-0.3, -0.25) is 15.6 Å². The van der Waals surface area contributed by atoms with Crippen molar-refractivity contribution in [2.75, 3.05) is 6.54 Å². The highest BCUT2D eigenvalue weighted by Crippen LogP contribution is 2.33. The van der Waals surface area contributed by atoms with E-state index in [1.54, 1.807) is 4.67 Å². The molecule has 4 nitrogen and oxygen atoms in total. The van der Waals surface area contributed by atoms with Gasteiger partial charge in [-0.1, -0.05) is 13.3 Å². The molecule has 0 aliphatic carbocycles. The van der Waals surface area contributed by atoms with Crippen LogP contribution in [0.5, 0.6) is 0 Å². The molecule has 0 fully saturated rings. The van der Waals surface area contributed by atoms with E-state index in [1.165, 1.54) is 0 Å². The Labute approximate surface area is 74.8 Å². The molecule has 0 aliphatic rings. The summed E-state index contributed by atoms with van der Waals surface area (Å²) in [6.07, 6.45) is 2.04. The number of nitrogens with two attached hydrogens (primary N) is 2. The van der Waals surface area contributed by atoms with Crippen LogP contribution >= 0.6 is 7.59 Å². The summed E-state index contributed by atoms with van der Waals surface area (Å²) >= 11 is 0. The first-order valence-electron chi connectivity index (χ1n) is 4.34. The Morgan fingerprint density at radius 1 is 1.42 bits per heavy atom. The van der Waals surface area contributed by atoms with Crippen molar-refractivity contribution in [1.82, 2.24) is 4.67 Å². The van der Waals surface area contributed by atoms with Crippen LogP contribution in [0, 0.1) is 0 Å². The van der Waals surface area contributed by atoms with E-state index >= 15 is 0 Å². The van der Waals surface area contributed by atoms with E-state index in [0.29, 0.717) is 0 Å². The molecule has 0 atom stereocenters. The summed E-state index contributed by atoms with van der Waals surface area (Å²) in [7, 11) is -3.03. The third kappa shape index (κ3) is 4.21. The van der Waals surface area contributed by atoms with Crippen LogP contribution in [0.1, 0.15) is 33.6 Å². The second kappa shape index (κ2) is 4.97. The smallest absolute Gasteiger partial charge is 0.271 e. The van der Waals surface area contributed by atoms with Gasteiger partial charge in [0.25, 0.3) is 7.59 Å². The molecule has 0 aromatic carbocycles. The van der Waals surface area contributed by atoms with Gasteiger partial charge < -0.3 is 0 Å². The normalized spacial score (nSPS) is 12.9. The number of hydrogen-bond donors (Lipinski definition) is 2. The van der Waals surface area contributed by atoms with Gasteiger partial charge in [0.2, 0.25) is 0 Å². The average Bonchev–Trinajstić information content (AvgIpc) is 1.84. The van der Waals surface area contributed by atoms with Crippen molar-refractivity contribution in [1.29, 1.82) is 0 Å². The summed E-state index contributed by atoms with van der Waals surface area (Å²) in [5.74, 6) is 0. The first-order chi connectivity index (χ1) is 5.39. The van der Waals surface area contributed by atoms with E-state index in [1.807, 2.05) is 13.8 Å². The molecule has 0 spiro atoms. The van der Waals surface area contributed by atoms with E-state index in [2.05, 4.69) is 6.92 Å². The van der Waals surface area contributed by atoms with Gasteiger partial charge in [-0.25, -0.2) is 4.67 Å². The van der Waals surface area contributed by atoms with Gasteiger partial charge in [0.05, 0.1) is 0 Å². The number of rotatable bonds is 5. The molecule has 12 heavy (non-hydrogen) atoms. The Morgan fingerprint density at radius 2 is 1.92 bits per heavy atom. The predicted molar refractivity (Wildman–Crippen MR) is 52.7 cm³/mol. The van der Waals surface area contributed by atoms with Crippen LogP contribution in [0.4, 0.5) is 0 Å². The van der Waals surface area contributed by atoms with Crippen molar-refractivity contribution >= 4 is 7.59 Å². The molecule has 74 valence electrons. The zero-order valence-corrected chi connectivity index (χ0v) is 9.05. The fourth-order valence-corrected chi connectivity index (χ4v) is 2.27. The molecular formula is C7H20N3OP. The van der Waals surface area contributed by atoms with Crippen LogP contribution in [0.15, 0.2) is 0 Å². The van der Waals surface area contributed by atoms with Crippen LogP contribution in [-0.2, 0) is 4.57 Å². The molecule has 0 aromatic heterocycles. The van der Waals surface area contributed by atoms with Crippen LogP contribution in [0.3, 0.4) is 0 Å². The maximum absolute atomic E-state index is 11.3. The highest BCUT2D eigenvalue weighted by molar-refractivity contribution is 7.56. The molecule has 0 amide bonds. The lowest BCUT2D eigenvalue weighted by atomic mass is 10.3. The molecule has 4 N–H and O–H groups in total. The average molecular weight is 193 g/mol. The van der Waals surface area contributed by atoms with E-state index in [9.17, 15) is 4.57 Å². The van der Waals surface area contributed by atoms with Gasteiger partial charge in [0, 0.05) is 12.6 Å². The van der Waals surface area contributed by atoms with Crippen LogP contribution < -0.4 is 11.0 Å². The molecule has 0 aliphatic heterocycles. The minimum absolute atomic E-state index is 0.150. The first kappa shape index (κ1) is 12.1. The lowest BCUT2D eigenvalue weighted by Crippen LogP contribution is -2.35. The summed E-state index contributed by atoms with van der Waals surface area (Å²) in [5.41, 5.74) is 10.8. The van der Waals surface area contributed by atoms with E-state index < -0.39 is 7.59 Å². The summed E-state index contributed by atoms with van der Waals surface area (Å²) in [6, 6.07) is 0.150. The SMILES string of the molecule is CCCCN(C(C)C)P(N)(N)=O. The third-order valence-corrected chi connectivity index (χ3v) is 3.20. The number of hydrogen-bond acceptors (Lipinski definition) is 1. The van der Waals surface area contributed by atoms with Crippen molar-refractivity contribution in [3.8, 4) is 0 Å². The zero-order chi connectivity index (χ0) is 9.78. The van der Waals surface area contributed by atoms with Crippen molar-refractivity contribution in [2.24, 2.45) is 11.0 Å². The second-order valence-electron chi connectivity index (χ2n) is 3.28. The fourth-order valence-electron chi connectivity index (χ4n) is 1.10. The second-order valence-corrected chi connectivity index (χ2v) is 5.14. The van der Waals surface area contributed by atoms with Gasteiger partial charge in [-0.05, 0) is 20.3 Å². The Bertz CT molecular complexity index is 166. The van der Waals surface area contributed by atoms with E-state index in [-0.39, 0.29) is 6.04 Å². The molecule has 0 rings (SSSR count). The van der Waals surface area contributed by atoms with Crippen molar-refractivity contribution < 1.29 is 4.57 Å². The van der Waals surface area contributed by atoms with Gasteiger partial charge in [-0.2, -0.15) is 0 Å². The number of nitrogens with zero attached hydrogens (tertiary/aromatic N) is 1. The maximum Gasteiger partial charge on any atom is 0.276 e. The topological polar surface area (TPSA) is 72.3 Å². The Morgan fingerprint density at radius 3 is 2.17 bits per heavy atom. The molecule has 0 saturated carbocycles. The third-order valence-electron chi connectivity index (χ3n) is 1.74. The Hall–Kier alpha value is 0.110. The van der Waals surface area contributed by atoms with Gasteiger partial charge in [-0.15, -0.1) is 0 Å². The van der Waals surface area contributed by atoms with Crippen molar-refractivity contribution in [3.05, 3.63) is 0 Å². The molecule has 0 heterocycles. The highest BCUT2D eigenvalue weighted by Gasteiger charge is 2.22. The van der Waals surface area contributed by atoms with Crippen molar-refractivity contribution in [2.45, 2.75) is 39.7 Å². The minimum atomic E-state index is -3.03. The van der Waals surface area contributed by atoms with Crippen LogP contribution in [0.25, 0.3) is 0 Å². The van der Waals surface area contributed by atoms with Crippen molar-refractivity contribution in [3.63, 3.8) is 0 Å². The summed E-state index contributed by atoms with van der Waals surface area (Å²) in [5, 5.41) is 0. The van der Waals surface area contributed by atoms with Gasteiger partial charge in [0.15, 0.2) is 0 Å². The molecule has 0 saturated heterocycles. The minimum Gasteiger partial charge on any atom is -0.271 e. The van der Waals surface area contributed by atoms with Crippen LogP contribution in [0.2, 0.25) is 0 Å². The molecule has 0 bridgehead atoms. The molecule has 0 unspecified atom stereocenters. The zero-order valence-electron chi connectivity index (χ0n) is 8.16. The molecule has 0 radical (unpaired) electrons. The van der Waals surface area contributed by atoms with Crippen LogP contribution in [-0.4, -0.2) is 17.3 Å². The molecular weight excluding hydrogens is 173 g/mol. The van der Waals surface area contributed by atoms with Gasteiger partial charge in [0.1, 0.15) is 0 Å². The number of unbranched alkanes of at least 4 members (excludes halogenated alkanes) is 1. The van der Waals surface area contributed by atoms with E-state index in [0.717, 1.165) is 19.4 Å². The Kier molecular flexibility index (Phi) is 5.02. The first-order valence-corrected chi connectivity index (χ1v) is 6.13. The quantitative estimate of drug-likeness (QED) is 0.649. The summed E-state index contributed by atoms with van der Waals surface area (Å²) in [4.78, 5) is 0. The maximum atomic E-state index is 11.3. The molecule has 0 aromatic rings. The van der Waals surface area contributed by atoms with Gasteiger partial charge >= 0.3 is 0 Å². The monoisotopic (exact) mass is 193 g/mol. The fraction of sp³-hybridized carbons (Fsp3) is 1.00. The summed E-state index contributed by atoms with van der Waals surface area (Å²) in [6.45, 7) is 6.69. The highest BCUT2D eigenvalue weighted by atomic mass is 31.2.